The number of pyridine rings is 1. The van der Waals surface area contributed by atoms with Crippen LogP contribution in [0, 0.1) is 0 Å². The monoisotopic (exact) mass is 479 g/mol. The summed E-state index contributed by atoms with van der Waals surface area (Å²) in [6.45, 7) is 8.66. The standard InChI is InChI=1S/C24H26ClN7O2/c1-15(2)22-27-28-23-21-20(12-19(13-26-21)30-10-8-29(9-11-30)16(3)33)31(24(34)32(22)23)14-17-4-6-18(25)7-5-17/h4-7,12-13,15H,8-11,14H2,1-3H3. The molecule has 0 saturated carbocycles. The van der Waals surface area contributed by atoms with E-state index in [1.165, 1.54) is 0 Å². The maximum Gasteiger partial charge on any atom is 0.336 e. The second kappa shape index (κ2) is 8.72. The number of anilines is 1. The molecule has 1 saturated heterocycles. The van der Waals surface area contributed by atoms with Crippen molar-refractivity contribution in [3.63, 3.8) is 0 Å². The first-order valence-corrected chi connectivity index (χ1v) is 11.7. The predicted molar refractivity (Wildman–Crippen MR) is 132 cm³/mol. The number of amides is 1. The highest BCUT2D eigenvalue weighted by Gasteiger charge is 2.23. The lowest BCUT2D eigenvalue weighted by molar-refractivity contribution is -0.129. The van der Waals surface area contributed by atoms with E-state index in [0.29, 0.717) is 60.3 Å². The molecule has 4 heterocycles. The minimum absolute atomic E-state index is 0.0287. The molecular weight excluding hydrogens is 454 g/mol. The average molecular weight is 480 g/mol. The van der Waals surface area contributed by atoms with E-state index in [-0.39, 0.29) is 17.5 Å². The Bertz CT molecular complexity index is 1430. The van der Waals surface area contributed by atoms with Gasteiger partial charge in [-0.15, -0.1) is 10.2 Å². The molecule has 0 atom stereocenters. The Balaban J connectivity index is 1.66. The van der Waals surface area contributed by atoms with Gasteiger partial charge in [0.05, 0.1) is 23.9 Å². The van der Waals surface area contributed by atoms with E-state index in [4.69, 9.17) is 16.6 Å². The molecule has 10 heteroatoms. The first kappa shape index (κ1) is 22.3. The van der Waals surface area contributed by atoms with Gasteiger partial charge in [-0.2, -0.15) is 0 Å². The lowest BCUT2D eigenvalue weighted by Crippen LogP contribution is -2.48. The lowest BCUT2D eigenvalue weighted by Gasteiger charge is -2.35. The Kier molecular flexibility index (Phi) is 5.73. The topological polar surface area (TPSA) is 88.6 Å². The van der Waals surface area contributed by atoms with Crippen molar-refractivity contribution in [3.8, 4) is 0 Å². The zero-order chi connectivity index (χ0) is 24.0. The molecule has 9 nitrogen and oxygen atoms in total. The van der Waals surface area contributed by atoms with Gasteiger partial charge >= 0.3 is 5.69 Å². The number of halogens is 1. The van der Waals surface area contributed by atoms with Gasteiger partial charge in [0, 0.05) is 44.0 Å². The number of piperazine rings is 1. The molecule has 1 aromatic carbocycles. The van der Waals surface area contributed by atoms with E-state index in [2.05, 4.69) is 15.1 Å². The van der Waals surface area contributed by atoms with Crippen LogP contribution in [0.4, 0.5) is 5.69 Å². The van der Waals surface area contributed by atoms with Crippen LogP contribution in [-0.4, -0.2) is 61.1 Å². The summed E-state index contributed by atoms with van der Waals surface area (Å²) in [5, 5.41) is 9.26. The van der Waals surface area contributed by atoms with Crippen LogP contribution in [0.25, 0.3) is 16.7 Å². The fourth-order valence-corrected chi connectivity index (χ4v) is 4.56. The third-order valence-electron chi connectivity index (χ3n) is 6.33. The third-order valence-corrected chi connectivity index (χ3v) is 6.58. The average Bonchev–Trinajstić information content (AvgIpc) is 3.29. The second-order valence-corrected chi connectivity index (χ2v) is 9.36. The zero-order valence-electron chi connectivity index (χ0n) is 19.4. The Morgan fingerprint density at radius 3 is 2.44 bits per heavy atom. The van der Waals surface area contributed by atoms with E-state index in [1.807, 2.05) is 55.3 Å². The summed E-state index contributed by atoms with van der Waals surface area (Å²) < 4.78 is 3.30. The van der Waals surface area contributed by atoms with E-state index >= 15 is 0 Å². The van der Waals surface area contributed by atoms with Crippen LogP contribution >= 0.6 is 11.6 Å². The summed E-state index contributed by atoms with van der Waals surface area (Å²) >= 11 is 6.07. The smallest absolute Gasteiger partial charge is 0.336 e. The number of carbonyl (C=O) groups excluding carboxylic acids is 1. The summed E-state index contributed by atoms with van der Waals surface area (Å²) in [5.41, 5.74) is 3.44. The predicted octanol–water partition coefficient (Wildman–Crippen LogP) is 2.93. The number of hydrogen-bond acceptors (Lipinski definition) is 6. The third kappa shape index (κ3) is 3.90. The Labute approximate surface area is 201 Å². The molecule has 0 aliphatic carbocycles. The number of benzene rings is 1. The van der Waals surface area contributed by atoms with E-state index < -0.39 is 0 Å². The van der Waals surface area contributed by atoms with Gasteiger partial charge in [0.15, 0.2) is 5.65 Å². The highest BCUT2D eigenvalue weighted by Crippen LogP contribution is 2.25. The van der Waals surface area contributed by atoms with Gasteiger partial charge in [-0.05, 0) is 23.8 Å². The molecule has 176 valence electrons. The Morgan fingerprint density at radius 1 is 1.09 bits per heavy atom. The van der Waals surface area contributed by atoms with Gasteiger partial charge in [-0.1, -0.05) is 37.6 Å². The van der Waals surface area contributed by atoms with E-state index in [1.54, 1.807) is 15.9 Å². The van der Waals surface area contributed by atoms with Crippen LogP contribution in [0.5, 0.6) is 0 Å². The molecule has 0 N–H and O–H groups in total. The quantitative estimate of drug-likeness (QED) is 0.447. The number of aromatic nitrogens is 5. The minimum atomic E-state index is -0.202. The van der Waals surface area contributed by atoms with Crippen molar-refractivity contribution >= 4 is 39.9 Å². The molecule has 34 heavy (non-hydrogen) atoms. The SMILES string of the molecule is CC(=O)N1CCN(c2cnc3c(c2)n(Cc2ccc(Cl)cc2)c(=O)n2c(C(C)C)nnc32)CC1. The van der Waals surface area contributed by atoms with Crippen LogP contribution in [-0.2, 0) is 11.3 Å². The molecule has 3 aromatic heterocycles. The van der Waals surface area contributed by atoms with Crippen LogP contribution in [0.3, 0.4) is 0 Å². The van der Waals surface area contributed by atoms with Gasteiger partial charge in [0.25, 0.3) is 0 Å². The number of fused-ring (bicyclic) bond motifs is 3. The van der Waals surface area contributed by atoms with Crippen LogP contribution in [0.1, 0.15) is 38.1 Å². The van der Waals surface area contributed by atoms with Crippen molar-refractivity contribution < 1.29 is 4.79 Å². The lowest BCUT2D eigenvalue weighted by atomic mass is 10.2. The van der Waals surface area contributed by atoms with Crippen molar-refractivity contribution in [1.29, 1.82) is 0 Å². The summed E-state index contributed by atoms with van der Waals surface area (Å²) in [7, 11) is 0. The molecule has 1 aliphatic heterocycles. The number of rotatable bonds is 4. The van der Waals surface area contributed by atoms with Crippen LogP contribution < -0.4 is 10.6 Å². The van der Waals surface area contributed by atoms with Crippen LogP contribution in [0.15, 0.2) is 41.3 Å². The van der Waals surface area contributed by atoms with Crippen LogP contribution in [0.2, 0.25) is 5.02 Å². The van der Waals surface area contributed by atoms with Crippen molar-refractivity contribution in [1.82, 2.24) is 29.0 Å². The van der Waals surface area contributed by atoms with Crippen molar-refractivity contribution in [2.24, 2.45) is 0 Å². The first-order valence-electron chi connectivity index (χ1n) is 11.4. The maximum absolute atomic E-state index is 13.7. The highest BCUT2D eigenvalue weighted by atomic mass is 35.5. The minimum Gasteiger partial charge on any atom is -0.367 e. The summed E-state index contributed by atoms with van der Waals surface area (Å²) in [5.74, 6) is 0.724. The summed E-state index contributed by atoms with van der Waals surface area (Å²) in [6.07, 6.45) is 1.81. The molecule has 0 unspecified atom stereocenters. The normalized spacial score (nSPS) is 14.5. The van der Waals surface area contributed by atoms with Gasteiger partial charge < -0.3 is 9.80 Å². The van der Waals surface area contributed by atoms with Crippen molar-refractivity contribution in [3.05, 3.63) is 63.4 Å². The highest BCUT2D eigenvalue weighted by molar-refractivity contribution is 6.30. The number of nitrogens with zero attached hydrogens (tertiary/aromatic N) is 7. The molecule has 0 bridgehead atoms. The molecule has 1 aliphatic rings. The molecule has 1 amide bonds. The Hall–Kier alpha value is -3.46. The van der Waals surface area contributed by atoms with Gasteiger partial charge in [0.2, 0.25) is 5.91 Å². The fraction of sp³-hybridized carbons (Fsp3) is 0.375. The Morgan fingerprint density at radius 2 is 1.79 bits per heavy atom. The summed E-state index contributed by atoms with van der Waals surface area (Å²) in [4.78, 5) is 34.2. The molecular formula is C24H26ClN7O2. The van der Waals surface area contributed by atoms with Gasteiger partial charge in [-0.25, -0.2) is 14.2 Å². The zero-order valence-corrected chi connectivity index (χ0v) is 20.2. The molecule has 5 rings (SSSR count). The van der Waals surface area contributed by atoms with Gasteiger partial charge in [0.1, 0.15) is 11.3 Å². The van der Waals surface area contributed by atoms with Crippen molar-refractivity contribution in [2.45, 2.75) is 33.2 Å². The largest absolute Gasteiger partial charge is 0.367 e. The fourth-order valence-electron chi connectivity index (χ4n) is 4.43. The second-order valence-electron chi connectivity index (χ2n) is 8.92. The number of carbonyl (C=O) groups is 1. The first-order chi connectivity index (χ1) is 16.3. The molecule has 0 radical (unpaired) electrons. The number of hydrogen-bond donors (Lipinski definition) is 0. The van der Waals surface area contributed by atoms with Crippen molar-refractivity contribution in [2.75, 3.05) is 31.1 Å². The maximum atomic E-state index is 13.7. The molecule has 1 fully saturated rings. The van der Waals surface area contributed by atoms with Gasteiger partial charge in [-0.3, -0.25) is 9.36 Å². The molecule has 4 aromatic rings. The molecule has 0 spiro atoms. The van der Waals surface area contributed by atoms with E-state index in [0.717, 1.165) is 11.3 Å². The van der Waals surface area contributed by atoms with E-state index in [9.17, 15) is 9.59 Å². The summed E-state index contributed by atoms with van der Waals surface area (Å²) in [6, 6.07) is 9.46.